The number of ether oxygens (including phenoxy) is 1. The van der Waals surface area contributed by atoms with E-state index in [4.69, 9.17) is 10.5 Å². The summed E-state index contributed by atoms with van der Waals surface area (Å²) in [6, 6.07) is 4.21. The molecule has 27 heavy (non-hydrogen) atoms. The number of rotatable bonds is 5. The minimum atomic E-state index is -0.466. The second kappa shape index (κ2) is 8.05. The van der Waals surface area contributed by atoms with Gasteiger partial charge in [0.25, 0.3) is 0 Å². The molecule has 1 aromatic heterocycles. The van der Waals surface area contributed by atoms with Gasteiger partial charge < -0.3 is 20.3 Å². The maximum Gasteiger partial charge on any atom is 0.410 e. The predicted octanol–water partition coefficient (Wildman–Crippen LogP) is 3.72. The first kappa shape index (κ1) is 19.9. The number of carbonyl (C=O) groups is 1. The summed E-state index contributed by atoms with van der Waals surface area (Å²) in [4.78, 5) is 21.7. The summed E-state index contributed by atoms with van der Waals surface area (Å²) < 4.78 is 5.71. The molecule has 1 saturated carbocycles. The van der Waals surface area contributed by atoms with Gasteiger partial charge in [-0.2, -0.15) is 0 Å². The van der Waals surface area contributed by atoms with Gasteiger partial charge in [0.15, 0.2) is 0 Å². The van der Waals surface area contributed by atoms with Gasteiger partial charge in [0.1, 0.15) is 5.60 Å². The van der Waals surface area contributed by atoms with Crippen molar-refractivity contribution >= 4 is 11.8 Å². The van der Waals surface area contributed by atoms with E-state index in [2.05, 4.69) is 16.0 Å². The predicted molar refractivity (Wildman–Crippen MR) is 108 cm³/mol. The van der Waals surface area contributed by atoms with Crippen LogP contribution in [0.4, 0.5) is 10.5 Å². The molecular weight excluding hydrogens is 340 g/mol. The lowest BCUT2D eigenvalue weighted by atomic mass is 10.0. The van der Waals surface area contributed by atoms with Gasteiger partial charge in [-0.25, -0.2) is 4.79 Å². The molecule has 2 fully saturated rings. The molecule has 1 amide bonds. The van der Waals surface area contributed by atoms with Gasteiger partial charge in [0, 0.05) is 25.7 Å². The summed E-state index contributed by atoms with van der Waals surface area (Å²) in [7, 11) is 0. The van der Waals surface area contributed by atoms with Gasteiger partial charge in [0.05, 0.1) is 23.6 Å². The number of nitrogens with zero attached hydrogens (tertiary/aromatic N) is 3. The number of carbonyl (C=O) groups excluding carboxylic acids is 1. The van der Waals surface area contributed by atoms with E-state index >= 15 is 0 Å². The van der Waals surface area contributed by atoms with E-state index in [1.165, 1.54) is 12.8 Å². The lowest BCUT2D eigenvalue weighted by Gasteiger charge is -2.40. The number of hydrogen-bond donors (Lipinski definition) is 1. The highest BCUT2D eigenvalue weighted by molar-refractivity contribution is 5.69. The van der Waals surface area contributed by atoms with Crippen molar-refractivity contribution in [1.82, 2.24) is 9.88 Å². The average Bonchev–Trinajstić information content (AvgIpc) is 3.42. The zero-order chi connectivity index (χ0) is 19.6. The van der Waals surface area contributed by atoms with Crippen LogP contribution >= 0.6 is 0 Å². The molecule has 6 heteroatoms. The van der Waals surface area contributed by atoms with Gasteiger partial charge in [-0.1, -0.05) is 0 Å². The Morgan fingerprint density at radius 2 is 2.11 bits per heavy atom. The second-order valence-electron chi connectivity index (χ2n) is 9.05. The summed E-state index contributed by atoms with van der Waals surface area (Å²) >= 11 is 0. The first-order chi connectivity index (χ1) is 12.7. The van der Waals surface area contributed by atoms with Gasteiger partial charge in [-0.05, 0) is 71.4 Å². The molecule has 2 heterocycles. The van der Waals surface area contributed by atoms with Crippen molar-refractivity contribution in [3.8, 4) is 0 Å². The molecule has 1 aliphatic carbocycles. The number of piperidine rings is 1. The van der Waals surface area contributed by atoms with Crippen molar-refractivity contribution in [1.29, 1.82) is 0 Å². The van der Waals surface area contributed by atoms with Crippen molar-refractivity contribution in [3.63, 3.8) is 0 Å². The van der Waals surface area contributed by atoms with E-state index in [1.54, 1.807) is 0 Å². The zero-order valence-electron chi connectivity index (χ0n) is 17.1. The van der Waals surface area contributed by atoms with E-state index in [0.717, 1.165) is 43.9 Å². The molecule has 2 N–H and O–H groups in total. The topological polar surface area (TPSA) is 71.7 Å². The second-order valence-corrected chi connectivity index (χ2v) is 9.05. The van der Waals surface area contributed by atoms with Crippen LogP contribution in [0.2, 0.25) is 0 Å². The Labute approximate surface area is 163 Å². The average molecular weight is 375 g/mol. The summed E-state index contributed by atoms with van der Waals surface area (Å²) in [5.74, 6) is 0.639. The number of aromatic nitrogens is 1. The minimum absolute atomic E-state index is 0.0608. The Kier molecular flexibility index (Phi) is 5.94. The fourth-order valence-corrected chi connectivity index (χ4v) is 3.57. The van der Waals surface area contributed by atoms with Crippen molar-refractivity contribution in [2.75, 3.05) is 24.5 Å². The number of anilines is 1. The number of hydrogen-bond acceptors (Lipinski definition) is 5. The van der Waals surface area contributed by atoms with Gasteiger partial charge >= 0.3 is 6.09 Å². The molecule has 2 atom stereocenters. The monoisotopic (exact) mass is 374 g/mol. The van der Waals surface area contributed by atoms with E-state index < -0.39 is 5.60 Å². The standard InChI is InChI=1S/C21H34N4O2/c1-15(22)19-10-9-17(12-23-19)24-11-5-6-18(14-24)25(13-16-7-8-16)20(26)27-21(2,3)4/h9-10,12,15-16,18H,5-8,11,13-14,22H2,1-4H3/t15?,18-/m1/s1. The summed E-state index contributed by atoms with van der Waals surface area (Å²) in [5.41, 5.74) is 7.44. The molecule has 0 spiro atoms. The van der Waals surface area contributed by atoms with Crippen molar-refractivity contribution in [3.05, 3.63) is 24.0 Å². The molecule has 150 valence electrons. The summed E-state index contributed by atoms with van der Waals surface area (Å²) in [6.45, 7) is 10.4. The van der Waals surface area contributed by atoms with Crippen LogP contribution in [-0.2, 0) is 4.74 Å². The van der Waals surface area contributed by atoms with E-state index in [9.17, 15) is 4.79 Å². The fourth-order valence-electron chi connectivity index (χ4n) is 3.57. The minimum Gasteiger partial charge on any atom is -0.444 e. The Bertz CT molecular complexity index is 635. The molecule has 0 radical (unpaired) electrons. The highest BCUT2D eigenvalue weighted by atomic mass is 16.6. The Hall–Kier alpha value is -1.82. The molecular formula is C21H34N4O2. The van der Waals surface area contributed by atoms with Crippen LogP contribution in [-0.4, -0.2) is 47.3 Å². The molecule has 1 aromatic rings. The van der Waals surface area contributed by atoms with E-state index in [1.807, 2.05) is 44.9 Å². The summed E-state index contributed by atoms with van der Waals surface area (Å²) in [6.07, 6.45) is 6.25. The molecule has 0 bridgehead atoms. The summed E-state index contributed by atoms with van der Waals surface area (Å²) in [5, 5.41) is 0. The van der Waals surface area contributed by atoms with Gasteiger partial charge in [-0.3, -0.25) is 4.98 Å². The van der Waals surface area contributed by atoms with E-state index in [-0.39, 0.29) is 18.2 Å². The number of pyridine rings is 1. The molecule has 6 nitrogen and oxygen atoms in total. The number of nitrogens with two attached hydrogens (primary N) is 1. The molecule has 2 aliphatic rings. The normalized spacial score (nSPS) is 21.7. The highest BCUT2D eigenvalue weighted by Crippen LogP contribution is 2.32. The van der Waals surface area contributed by atoms with Crippen LogP contribution in [0.15, 0.2) is 18.3 Å². The first-order valence-electron chi connectivity index (χ1n) is 10.2. The van der Waals surface area contributed by atoms with Crippen LogP contribution < -0.4 is 10.6 Å². The van der Waals surface area contributed by atoms with Crippen LogP contribution in [0.3, 0.4) is 0 Å². The van der Waals surface area contributed by atoms with Crippen LogP contribution in [0.1, 0.15) is 65.1 Å². The Morgan fingerprint density at radius 1 is 1.37 bits per heavy atom. The maximum absolute atomic E-state index is 12.8. The van der Waals surface area contributed by atoms with Crippen LogP contribution in [0.25, 0.3) is 0 Å². The maximum atomic E-state index is 12.8. The SMILES string of the molecule is CC(N)c1ccc(N2CCC[C@@H](N(CC3CC3)C(=O)OC(C)(C)C)C2)cn1. The molecule has 1 aliphatic heterocycles. The van der Waals surface area contributed by atoms with Crippen molar-refractivity contribution < 1.29 is 9.53 Å². The third kappa shape index (κ3) is 5.58. The molecule has 3 rings (SSSR count). The van der Waals surface area contributed by atoms with Gasteiger partial charge in [0.2, 0.25) is 0 Å². The van der Waals surface area contributed by atoms with Gasteiger partial charge in [-0.15, -0.1) is 0 Å². The van der Waals surface area contributed by atoms with Crippen LogP contribution in [0, 0.1) is 5.92 Å². The highest BCUT2D eigenvalue weighted by Gasteiger charge is 2.35. The van der Waals surface area contributed by atoms with Crippen molar-refractivity contribution in [2.24, 2.45) is 11.7 Å². The zero-order valence-corrected chi connectivity index (χ0v) is 17.1. The third-order valence-corrected chi connectivity index (χ3v) is 5.22. The van der Waals surface area contributed by atoms with E-state index in [0.29, 0.717) is 5.92 Å². The van der Waals surface area contributed by atoms with Crippen LogP contribution in [0.5, 0.6) is 0 Å². The molecule has 1 unspecified atom stereocenters. The lowest BCUT2D eigenvalue weighted by Crippen LogP contribution is -2.52. The molecule has 0 aromatic carbocycles. The quantitative estimate of drug-likeness (QED) is 0.850. The van der Waals surface area contributed by atoms with Crippen molar-refractivity contribution in [2.45, 2.75) is 71.1 Å². The first-order valence-corrected chi connectivity index (χ1v) is 10.2. The molecule has 1 saturated heterocycles. The smallest absolute Gasteiger partial charge is 0.410 e. The fraction of sp³-hybridized carbons (Fsp3) is 0.714. The Morgan fingerprint density at radius 3 is 2.67 bits per heavy atom. The number of amides is 1. The lowest BCUT2D eigenvalue weighted by molar-refractivity contribution is 0.0134. The largest absolute Gasteiger partial charge is 0.444 e. The third-order valence-electron chi connectivity index (χ3n) is 5.22. The Balaban J connectivity index is 1.70.